The van der Waals surface area contributed by atoms with Gasteiger partial charge in [0.15, 0.2) is 12.4 Å². The number of sulfonamides is 1. The fourth-order valence-corrected chi connectivity index (χ4v) is 5.15. The number of carbonyl (C=O) groups excluding carboxylic acids is 2. The van der Waals surface area contributed by atoms with E-state index in [4.69, 9.17) is 4.74 Å². The molecule has 0 aliphatic carbocycles. The average molecular weight is 495 g/mol. The summed E-state index contributed by atoms with van der Waals surface area (Å²) in [6.07, 6.45) is 4.67. The molecule has 3 aromatic rings. The first-order valence-corrected chi connectivity index (χ1v) is 12.2. The van der Waals surface area contributed by atoms with Gasteiger partial charge in [-0.2, -0.15) is 14.7 Å². The number of nitrogens with one attached hydrogen (secondary N) is 1. The fraction of sp³-hybridized carbons (Fsp3) is 0.261. The van der Waals surface area contributed by atoms with E-state index in [-0.39, 0.29) is 42.2 Å². The lowest BCUT2D eigenvalue weighted by atomic mass is 9.98. The minimum atomic E-state index is -3.68. The maximum absolute atomic E-state index is 12.7. The molecule has 1 aliphatic heterocycles. The van der Waals surface area contributed by atoms with Crippen molar-refractivity contribution < 1.29 is 22.7 Å². The van der Waals surface area contributed by atoms with Crippen LogP contribution in [0, 0.1) is 17.2 Å². The zero-order chi connectivity index (χ0) is 24.8. The molecule has 35 heavy (non-hydrogen) atoms. The summed E-state index contributed by atoms with van der Waals surface area (Å²) < 4.78 is 33.3. The number of benzene rings is 1. The molecule has 0 radical (unpaired) electrons. The summed E-state index contributed by atoms with van der Waals surface area (Å²) in [6.45, 7) is -0.228. The molecule has 1 aliphatic rings. The van der Waals surface area contributed by atoms with Crippen molar-refractivity contribution >= 4 is 27.7 Å². The van der Waals surface area contributed by atoms with Gasteiger partial charge < -0.3 is 10.1 Å². The molecule has 0 atom stereocenters. The summed E-state index contributed by atoms with van der Waals surface area (Å²) >= 11 is 0. The van der Waals surface area contributed by atoms with Crippen LogP contribution in [-0.2, 0) is 24.3 Å². The smallest absolute Gasteiger partial charge is 0.309 e. The SMILES string of the molecule is N#Cc1cnn(-c2ccccc2)c1NC(=O)COC(=O)C1CCN(S(=O)(=O)c2cccnc2)CC1. The lowest BCUT2D eigenvalue weighted by Gasteiger charge is -2.29. The third-order valence-electron chi connectivity index (χ3n) is 5.55. The van der Waals surface area contributed by atoms with E-state index in [0.29, 0.717) is 5.69 Å². The molecule has 1 amide bonds. The van der Waals surface area contributed by atoms with Crippen molar-refractivity contribution in [3.8, 4) is 11.8 Å². The van der Waals surface area contributed by atoms with Gasteiger partial charge in [-0.1, -0.05) is 18.2 Å². The predicted molar refractivity (Wildman–Crippen MR) is 124 cm³/mol. The molecule has 12 heteroatoms. The van der Waals surface area contributed by atoms with Crippen LogP contribution in [0.4, 0.5) is 5.82 Å². The number of hydrogen-bond acceptors (Lipinski definition) is 8. The molecule has 1 aromatic carbocycles. The zero-order valence-corrected chi connectivity index (χ0v) is 19.4. The van der Waals surface area contributed by atoms with E-state index in [0.717, 1.165) is 0 Å². The Bertz CT molecular complexity index is 1340. The maximum Gasteiger partial charge on any atom is 0.309 e. The Morgan fingerprint density at radius 2 is 1.86 bits per heavy atom. The van der Waals surface area contributed by atoms with Crippen LogP contribution < -0.4 is 5.32 Å². The van der Waals surface area contributed by atoms with Gasteiger partial charge in [0, 0.05) is 25.5 Å². The van der Waals surface area contributed by atoms with Gasteiger partial charge in [0.1, 0.15) is 16.5 Å². The second-order valence-electron chi connectivity index (χ2n) is 7.79. The number of ether oxygens (including phenoxy) is 1. The summed E-state index contributed by atoms with van der Waals surface area (Å²) in [7, 11) is -3.68. The summed E-state index contributed by atoms with van der Waals surface area (Å²) in [5.41, 5.74) is 0.810. The van der Waals surface area contributed by atoms with Crippen molar-refractivity contribution in [2.45, 2.75) is 17.7 Å². The molecule has 0 saturated carbocycles. The van der Waals surface area contributed by atoms with Crippen LogP contribution in [0.2, 0.25) is 0 Å². The second kappa shape index (κ2) is 10.5. The molecule has 1 saturated heterocycles. The molecular weight excluding hydrogens is 472 g/mol. The second-order valence-corrected chi connectivity index (χ2v) is 9.73. The largest absolute Gasteiger partial charge is 0.455 e. The summed E-state index contributed by atoms with van der Waals surface area (Å²) in [5, 5.41) is 16.1. The van der Waals surface area contributed by atoms with E-state index < -0.39 is 34.4 Å². The van der Waals surface area contributed by atoms with E-state index in [1.54, 1.807) is 30.3 Å². The molecule has 2 aromatic heterocycles. The van der Waals surface area contributed by atoms with E-state index >= 15 is 0 Å². The molecule has 0 spiro atoms. The number of para-hydroxylation sites is 1. The molecule has 180 valence electrons. The first-order chi connectivity index (χ1) is 16.9. The van der Waals surface area contributed by atoms with Crippen LogP contribution >= 0.6 is 0 Å². The van der Waals surface area contributed by atoms with Gasteiger partial charge >= 0.3 is 5.97 Å². The summed E-state index contributed by atoms with van der Waals surface area (Å²) in [5.74, 6) is -1.54. The van der Waals surface area contributed by atoms with E-state index in [2.05, 4.69) is 15.4 Å². The van der Waals surface area contributed by atoms with Crippen molar-refractivity contribution in [1.29, 1.82) is 5.26 Å². The molecule has 0 bridgehead atoms. The van der Waals surface area contributed by atoms with Gasteiger partial charge in [0.05, 0.1) is 17.8 Å². The topological polar surface area (TPSA) is 147 Å². The van der Waals surface area contributed by atoms with Crippen molar-refractivity contribution in [3.05, 3.63) is 66.6 Å². The van der Waals surface area contributed by atoms with Gasteiger partial charge in [-0.15, -0.1) is 0 Å². The third-order valence-corrected chi connectivity index (χ3v) is 7.44. The first kappa shape index (κ1) is 24.1. The quantitative estimate of drug-likeness (QED) is 0.488. The minimum absolute atomic E-state index is 0.101. The molecule has 3 heterocycles. The number of anilines is 1. The van der Waals surface area contributed by atoms with Crippen molar-refractivity contribution in [1.82, 2.24) is 19.1 Å². The maximum atomic E-state index is 12.7. The van der Waals surface area contributed by atoms with Gasteiger partial charge in [-0.25, -0.2) is 13.1 Å². The number of carbonyl (C=O) groups is 2. The summed E-state index contributed by atoms with van der Waals surface area (Å²) in [6, 6.07) is 14.0. The molecule has 4 rings (SSSR count). The van der Waals surface area contributed by atoms with Gasteiger partial charge in [0.2, 0.25) is 10.0 Å². The van der Waals surface area contributed by atoms with Crippen LogP contribution in [0.3, 0.4) is 0 Å². The molecule has 11 nitrogen and oxygen atoms in total. The Kier molecular flexibility index (Phi) is 7.19. The Hall–Kier alpha value is -4.08. The van der Waals surface area contributed by atoms with Crippen LogP contribution in [0.1, 0.15) is 18.4 Å². The Morgan fingerprint density at radius 1 is 1.11 bits per heavy atom. The number of nitriles is 1. The Morgan fingerprint density at radius 3 is 2.51 bits per heavy atom. The first-order valence-electron chi connectivity index (χ1n) is 10.8. The summed E-state index contributed by atoms with van der Waals surface area (Å²) in [4.78, 5) is 28.9. The van der Waals surface area contributed by atoms with Crippen molar-refractivity contribution in [2.75, 3.05) is 25.0 Å². The number of rotatable bonds is 7. The Labute approximate surface area is 202 Å². The van der Waals surface area contributed by atoms with Crippen molar-refractivity contribution in [2.24, 2.45) is 5.92 Å². The monoisotopic (exact) mass is 494 g/mol. The highest BCUT2D eigenvalue weighted by Crippen LogP contribution is 2.24. The van der Waals surface area contributed by atoms with Crippen LogP contribution in [0.15, 0.2) is 66.0 Å². The van der Waals surface area contributed by atoms with Crippen LogP contribution in [-0.4, -0.2) is 59.1 Å². The number of piperidine rings is 1. The van der Waals surface area contributed by atoms with E-state index in [1.165, 1.54) is 33.6 Å². The highest BCUT2D eigenvalue weighted by Gasteiger charge is 2.33. The fourth-order valence-electron chi connectivity index (χ4n) is 3.72. The van der Waals surface area contributed by atoms with E-state index in [1.807, 2.05) is 12.1 Å². The highest BCUT2D eigenvalue weighted by atomic mass is 32.2. The van der Waals surface area contributed by atoms with Crippen molar-refractivity contribution in [3.63, 3.8) is 0 Å². The number of nitrogens with zero attached hydrogens (tertiary/aromatic N) is 5. The third kappa shape index (κ3) is 5.37. The standard InChI is InChI=1S/C23H22N6O5S/c24-13-18-14-26-29(19-5-2-1-3-6-19)22(18)27-21(30)16-34-23(31)17-8-11-28(12-9-17)35(32,33)20-7-4-10-25-15-20/h1-7,10,14-15,17H,8-9,11-12,16H2,(H,27,30). The van der Waals surface area contributed by atoms with Gasteiger partial charge in [-0.05, 0) is 37.1 Å². The van der Waals surface area contributed by atoms with Gasteiger partial charge in [-0.3, -0.25) is 14.6 Å². The lowest BCUT2D eigenvalue weighted by Crippen LogP contribution is -2.41. The van der Waals surface area contributed by atoms with Crippen LogP contribution in [0.5, 0.6) is 0 Å². The molecule has 0 unspecified atom stereocenters. The molecule has 1 N–H and O–H groups in total. The molecular formula is C23H22N6O5S. The van der Waals surface area contributed by atoms with E-state index in [9.17, 15) is 23.3 Å². The number of pyridine rings is 1. The number of aromatic nitrogens is 3. The number of esters is 1. The number of hydrogen-bond donors (Lipinski definition) is 1. The zero-order valence-electron chi connectivity index (χ0n) is 18.6. The number of amides is 1. The predicted octanol–water partition coefficient (Wildman–Crippen LogP) is 1.72. The average Bonchev–Trinajstić information content (AvgIpc) is 3.30. The molecule has 1 fully saturated rings. The highest BCUT2D eigenvalue weighted by molar-refractivity contribution is 7.89. The normalized spacial score (nSPS) is 14.7. The van der Waals surface area contributed by atoms with Gasteiger partial charge in [0.25, 0.3) is 5.91 Å². The Balaban J connectivity index is 1.31. The van der Waals surface area contributed by atoms with Crippen LogP contribution in [0.25, 0.3) is 5.69 Å². The lowest BCUT2D eigenvalue weighted by molar-refractivity contribution is -0.152. The minimum Gasteiger partial charge on any atom is -0.455 e.